The summed E-state index contributed by atoms with van der Waals surface area (Å²) in [6, 6.07) is -0.153. The lowest BCUT2D eigenvalue weighted by Crippen LogP contribution is -2.55. The number of carbonyl (C=O) groups excluding carboxylic acids is 1. The molecule has 0 radical (unpaired) electrons. The van der Waals surface area contributed by atoms with E-state index in [0.29, 0.717) is 25.7 Å². The van der Waals surface area contributed by atoms with Crippen LogP contribution in [0.3, 0.4) is 0 Å². The van der Waals surface area contributed by atoms with Gasteiger partial charge in [-0.1, -0.05) is 0 Å². The molecule has 2 aliphatic carbocycles. The van der Waals surface area contributed by atoms with Gasteiger partial charge in [-0.05, 0) is 57.8 Å². The van der Waals surface area contributed by atoms with E-state index in [9.17, 15) is 13.2 Å². The molecule has 2 saturated heterocycles. The molecule has 0 aromatic heterocycles. The molecule has 2 atom stereocenters. The number of nitrogens with one attached hydrogen (secondary N) is 1. The lowest BCUT2D eigenvalue weighted by molar-refractivity contribution is -0.0721. The zero-order chi connectivity index (χ0) is 18.1. The van der Waals surface area contributed by atoms with Gasteiger partial charge in [0, 0.05) is 32.2 Å². The summed E-state index contributed by atoms with van der Waals surface area (Å²) < 4.78 is 32.6. The van der Waals surface area contributed by atoms with Crippen molar-refractivity contribution in [3.63, 3.8) is 0 Å². The van der Waals surface area contributed by atoms with Gasteiger partial charge >= 0.3 is 6.03 Å². The average Bonchev–Trinajstić information content (AvgIpc) is 3.44. The summed E-state index contributed by atoms with van der Waals surface area (Å²) in [5.41, 5.74) is 0. The number of rotatable bonds is 5. The number of carbonyl (C=O) groups is 1. The standard InChI is InChI=1S/C18H31N3O4S/c22-18(20-10-3-7-16(13-20)25-15-5-1-6-15)19-14-4-2-11-21(12-14)26(23,24)17-8-9-17/h14-17H,1-13H2,(H,19,22)/t14-,16?/m1/s1. The van der Waals surface area contributed by atoms with Gasteiger partial charge in [-0.15, -0.1) is 0 Å². The molecule has 0 aromatic carbocycles. The Labute approximate surface area is 156 Å². The number of hydrogen-bond donors (Lipinski definition) is 1. The van der Waals surface area contributed by atoms with Crippen LogP contribution in [0.25, 0.3) is 0 Å². The van der Waals surface area contributed by atoms with E-state index >= 15 is 0 Å². The van der Waals surface area contributed by atoms with Crippen LogP contribution in [-0.4, -0.2) is 73.3 Å². The van der Waals surface area contributed by atoms with E-state index < -0.39 is 10.0 Å². The molecule has 26 heavy (non-hydrogen) atoms. The van der Waals surface area contributed by atoms with E-state index in [0.717, 1.165) is 57.9 Å². The molecule has 2 heterocycles. The third-order valence-electron chi connectivity index (χ3n) is 6.12. The van der Waals surface area contributed by atoms with E-state index in [1.54, 1.807) is 4.31 Å². The third-order valence-corrected chi connectivity index (χ3v) is 8.48. The Balaban J connectivity index is 1.28. The first-order chi connectivity index (χ1) is 12.5. The smallest absolute Gasteiger partial charge is 0.317 e. The molecule has 0 spiro atoms. The normalized spacial score (nSPS) is 31.5. The predicted molar refractivity (Wildman–Crippen MR) is 98.4 cm³/mol. The van der Waals surface area contributed by atoms with Crippen molar-refractivity contribution in [3.8, 4) is 0 Å². The molecule has 4 rings (SSSR count). The highest BCUT2D eigenvalue weighted by Gasteiger charge is 2.42. The van der Waals surface area contributed by atoms with Gasteiger partial charge in [0.15, 0.2) is 0 Å². The van der Waals surface area contributed by atoms with E-state index in [4.69, 9.17) is 4.74 Å². The molecule has 1 unspecified atom stereocenters. The maximum Gasteiger partial charge on any atom is 0.317 e. The zero-order valence-electron chi connectivity index (χ0n) is 15.4. The fourth-order valence-corrected chi connectivity index (χ4v) is 6.07. The number of amides is 2. The molecule has 7 nitrogen and oxygen atoms in total. The molecule has 0 bridgehead atoms. The largest absolute Gasteiger partial charge is 0.373 e. The van der Waals surface area contributed by atoms with Crippen molar-refractivity contribution in [1.82, 2.24) is 14.5 Å². The molecule has 0 aromatic rings. The second kappa shape index (κ2) is 7.64. The highest BCUT2D eigenvalue weighted by Crippen LogP contribution is 2.32. The summed E-state index contributed by atoms with van der Waals surface area (Å²) in [5, 5.41) is 2.90. The molecule has 1 N–H and O–H groups in total. The lowest BCUT2D eigenvalue weighted by atomic mass is 9.95. The minimum Gasteiger partial charge on any atom is -0.373 e. The summed E-state index contributed by atoms with van der Waals surface area (Å²) in [6.45, 7) is 2.42. The Hall–Kier alpha value is -0.860. The van der Waals surface area contributed by atoms with Gasteiger partial charge in [0.05, 0.1) is 17.5 Å². The van der Waals surface area contributed by atoms with E-state index in [1.807, 2.05) is 4.90 Å². The van der Waals surface area contributed by atoms with Crippen molar-refractivity contribution in [2.75, 3.05) is 26.2 Å². The molecular weight excluding hydrogens is 354 g/mol. The van der Waals surface area contributed by atoms with Crippen molar-refractivity contribution in [1.29, 1.82) is 0 Å². The number of urea groups is 1. The summed E-state index contributed by atoms with van der Waals surface area (Å²) in [4.78, 5) is 14.5. The average molecular weight is 386 g/mol. The number of sulfonamides is 1. The summed E-state index contributed by atoms with van der Waals surface area (Å²) in [6.07, 6.45) is 9.31. The van der Waals surface area contributed by atoms with E-state index in [-0.39, 0.29) is 23.4 Å². The first-order valence-electron chi connectivity index (χ1n) is 10.2. The highest BCUT2D eigenvalue weighted by atomic mass is 32.2. The first-order valence-corrected chi connectivity index (χ1v) is 11.7. The van der Waals surface area contributed by atoms with Crippen molar-refractivity contribution >= 4 is 16.1 Å². The molecule has 2 aliphatic heterocycles. The van der Waals surface area contributed by atoms with E-state index in [2.05, 4.69) is 5.32 Å². The minimum atomic E-state index is -3.15. The molecule has 148 valence electrons. The zero-order valence-corrected chi connectivity index (χ0v) is 16.3. The number of hydrogen-bond acceptors (Lipinski definition) is 4. The van der Waals surface area contributed by atoms with Gasteiger partial charge in [-0.25, -0.2) is 13.2 Å². The van der Waals surface area contributed by atoms with Gasteiger partial charge in [0.25, 0.3) is 0 Å². The Morgan fingerprint density at radius 3 is 2.31 bits per heavy atom. The Kier molecular flexibility index (Phi) is 5.43. The Morgan fingerprint density at radius 2 is 1.62 bits per heavy atom. The fraction of sp³-hybridized carbons (Fsp3) is 0.944. The van der Waals surface area contributed by atoms with Crippen LogP contribution < -0.4 is 5.32 Å². The van der Waals surface area contributed by atoms with Gasteiger partial charge in [0.1, 0.15) is 0 Å². The van der Waals surface area contributed by atoms with Gasteiger partial charge in [-0.3, -0.25) is 0 Å². The third kappa shape index (κ3) is 4.17. The maximum atomic E-state index is 12.7. The molecule has 2 amide bonds. The van der Waals surface area contributed by atoms with Crippen molar-refractivity contribution in [3.05, 3.63) is 0 Å². The van der Waals surface area contributed by atoms with Gasteiger partial charge in [-0.2, -0.15) is 4.31 Å². The second-order valence-corrected chi connectivity index (χ2v) is 10.5. The predicted octanol–water partition coefficient (Wildman–Crippen LogP) is 1.69. The lowest BCUT2D eigenvalue weighted by Gasteiger charge is -2.38. The SMILES string of the molecule is O=C(N[C@@H]1CCCN(S(=O)(=O)C2CC2)C1)N1CCCC(OC2CCC2)C1. The topological polar surface area (TPSA) is 79.0 Å². The van der Waals surface area contributed by atoms with Gasteiger partial charge < -0.3 is 15.0 Å². The van der Waals surface area contributed by atoms with Crippen molar-refractivity contribution in [2.45, 2.75) is 81.3 Å². The molecule has 8 heteroatoms. The summed E-state index contributed by atoms with van der Waals surface area (Å²) >= 11 is 0. The van der Waals surface area contributed by atoms with Crippen LogP contribution in [0.1, 0.15) is 57.8 Å². The van der Waals surface area contributed by atoms with Crippen molar-refractivity contribution in [2.24, 2.45) is 0 Å². The number of ether oxygens (including phenoxy) is 1. The molecule has 4 fully saturated rings. The number of nitrogens with zero attached hydrogens (tertiary/aromatic N) is 2. The Bertz CT molecular complexity index is 618. The molecular formula is C18H31N3O4S. The van der Waals surface area contributed by atoms with Crippen LogP contribution in [0.5, 0.6) is 0 Å². The quantitative estimate of drug-likeness (QED) is 0.781. The van der Waals surface area contributed by atoms with Crippen LogP contribution in [0.15, 0.2) is 0 Å². The van der Waals surface area contributed by atoms with Gasteiger partial charge in [0.2, 0.25) is 10.0 Å². The van der Waals surface area contributed by atoms with E-state index in [1.165, 1.54) is 6.42 Å². The maximum absolute atomic E-state index is 12.7. The summed E-state index contributed by atoms with van der Waals surface area (Å²) in [5.74, 6) is 0. The summed E-state index contributed by atoms with van der Waals surface area (Å²) in [7, 11) is -3.15. The van der Waals surface area contributed by atoms with Crippen molar-refractivity contribution < 1.29 is 17.9 Å². The molecule has 4 aliphatic rings. The van der Waals surface area contributed by atoms with Crippen LogP contribution in [0, 0.1) is 0 Å². The minimum absolute atomic E-state index is 0.0671. The van der Waals surface area contributed by atoms with Crippen LogP contribution in [0.4, 0.5) is 4.79 Å². The highest BCUT2D eigenvalue weighted by molar-refractivity contribution is 7.90. The van der Waals surface area contributed by atoms with Crippen LogP contribution >= 0.6 is 0 Å². The van der Waals surface area contributed by atoms with Crippen LogP contribution in [-0.2, 0) is 14.8 Å². The molecule has 2 saturated carbocycles. The number of likely N-dealkylation sites (tertiary alicyclic amines) is 1. The second-order valence-electron chi connectivity index (χ2n) is 8.29. The Morgan fingerprint density at radius 1 is 0.885 bits per heavy atom. The fourth-order valence-electron chi connectivity index (χ4n) is 4.15. The first kappa shape index (κ1) is 18.5. The van der Waals surface area contributed by atoms with Crippen LogP contribution in [0.2, 0.25) is 0 Å². The monoisotopic (exact) mass is 385 g/mol. The number of piperidine rings is 2.